The average Bonchev–Trinajstić information content (AvgIpc) is 2.70. The van der Waals surface area contributed by atoms with E-state index in [0.29, 0.717) is 0 Å². The molecule has 0 aromatic heterocycles. The Kier molecular flexibility index (Phi) is 19.8. The molecule has 0 aromatic rings. The van der Waals surface area contributed by atoms with E-state index in [2.05, 4.69) is 79.3 Å². The van der Waals surface area contributed by atoms with Crippen LogP contribution in [-0.2, 0) is 20.6 Å². The van der Waals surface area contributed by atoms with Crippen LogP contribution in [0.3, 0.4) is 0 Å². The van der Waals surface area contributed by atoms with Crippen molar-refractivity contribution in [2.24, 2.45) is 0 Å². The zero-order valence-corrected chi connectivity index (χ0v) is 33.4. The van der Waals surface area contributed by atoms with Crippen molar-refractivity contribution in [3.8, 4) is 0 Å². The molecule has 224 valence electrons. The van der Waals surface area contributed by atoms with Gasteiger partial charge in [0.2, 0.25) is 0 Å². The Labute approximate surface area is 240 Å². The molecular formula is C26H66O5Si6. The highest BCUT2D eigenvalue weighted by Crippen LogP contribution is 2.24. The Morgan fingerprint density at radius 3 is 1.05 bits per heavy atom. The summed E-state index contributed by atoms with van der Waals surface area (Å²) in [6.07, 6.45) is 16.1. The van der Waals surface area contributed by atoms with Gasteiger partial charge in [0.05, 0.1) is 0 Å². The van der Waals surface area contributed by atoms with Crippen LogP contribution in [0.4, 0.5) is 0 Å². The number of unbranched alkanes of at least 4 members (excludes halogenated alkanes) is 10. The molecule has 0 aliphatic heterocycles. The molecule has 0 heterocycles. The van der Waals surface area contributed by atoms with Gasteiger partial charge in [-0.25, -0.2) is 0 Å². The van der Waals surface area contributed by atoms with E-state index in [9.17, 15) is 0 Å². The first-order valence-electron chi connectivity index (χ1n) is 15.4. The lowest BCUT2D eigenvalue weighted by Gasteiger charge is -2.38. The predicted octanol–water partition coefficient (Wildman–Crippen LogP) is 9.30. The molecule has 0 bridgehead atoms. The molecule has 0 aromatic carbocycles. The van der Waals surface area contributed by atoms with E-state index in [0.717, 1.165) is 0 Å². The summed E-state index contributed by atoms with van der Waals surface area (Å²) in [7, 11) is -11.6. The number of hydrogen-bond donors (Lipinski definition) is 0. The highest BCUT2D eigenvalue weighted by Gasteiger charge is 2.40. The van der Waals surface area contributed by atoms with Crippen molar-refractivity contribution < 1.29 is 20.6 Å². The fourth-order valence-corrected chi connectivity index (χ4v) is 29.1. The monoisotopic (exact) mass is 626 g/mol. The van der Waals surface area contributed by atoms with Gasteiger partial charge >= 0.3 is 17.1 Å². The molecule has 0 spiro atoms. The minimum absolute atomic E-state index is 1.23. The number of rotatable bonds is 24. The van der Waals surface area contributed by atoms with Gasteiger partial charge < -0.3 is 20.6 Å². The van der Waals surface area contributed by atoms with Gasteiger partial charge in [-0.15, -0.1) is 0 Å². The molecule has 0 saturated carbocycles. The topological polar surface area (TPSA) is 46.2 Å². The summed E-state index contributed by atoms with van der Waals surface area (Å²) in [5, 5.41) is 0. The Bertz CT molecular complexity index is 530. The van der Waals surface area contributed by atoms with Crippen molar-refractivity contribution in [3.63, 3.8) is 0 Å². The summed E-state index contributed by atoms with van der Waals surface area (Å²) in [5.41, 5.74) is 0. The summed E-state index contributed by atoms with van der Waals surface area (Å²) >= 11 is 0. The highest BCUT2D eigenvalue weighted by atomic mass is 28.5. The smallest absolute Gasteiger partial charge is 0.313 e. The molecule has 2 unspecified atom stereocenters. The Hall–Kier alpha value is 1.10. The molecule has 0 aliphatic rings. The SMILES string of the molecule is CCCCCCCC[Si](C)(C)O[SiH](C)O[Si](C)(C)O[Si](C)(C)O[SiH](C)O[Si](C)(C)CCCCCCCC. The molecule has 0 fully saturated rings. The van der Waals surface area contributed by atoms with E-state index in [1.54, 1.807) is 0 Å². The molecule has 0 rings (SSSR count). The maximum absolute atomic E-state index is 6.64. The van der Waals surface area contributed by atoms with E-state index < -0.39 is 52.3 Å². The molecule has 2 atom stereocenters. The van der Waals surface area contributed by atoms with E-state index in [1.807, 2.05) is 0 Å². The summed E-state index contributed by atoms with van der Waals surface area (Å²) in [6, 6.07) is 2.45. The number of hydrogen-bond acceptors (Lipinski definition) is 5. The van der Waals surface area contributed by atoms with Crippen LogP contribution in [0.25, 0.3) is 0 Å². The third kappa shape index (κ3) is 22.5. The Morgan fingerprint density at radius 2 is 0.730 bits per heavy atom. The maximum Gasteiger partial charge on any atom is 0.313 e. The van der Waals surface area contributed by atoms with Crippen LogP contribution in [0.1, 0.15) is 90.9 Å². The third-order valence-corrected chi connectivity index (χ3v) is 28.6. The summed E-state index contributed by atoms with van der Waals surface area (Å²) < 4.78 is 33.0. The van der Waals surface area contributed by atoms with Crippen molar-refractivity contribution in [3.05, 3.63) is 0 Å². The van der Waals surface area contributed by atoms with Crippen LogP contribution in [0.15, 0.2) is 0 Å². The van der Waals surface area contributed by atoms with Crippen molar-refractivity contribution >= 4 is 52.3 Å². The highest BCUT2D eigenvalue weighted by molar-refractivity contribution is 6.86. The van der Waals surface area contributed by atoms with Gasteiger partial charge in [-0.1, -0.05) is 90.9 Å². The van der Waals surface area contributed by atoms with E-state index >= 15 is 0 Å². The van der Waals surface area contributed by atoms with E-state index in [-0.39, 0.29) is 0 Å². The Morgan fingerprint density at radius 1 is 0.432 bits per heavy atom. The van der Waals surface area contributed by atoms with Gasteiger partial charge in [0.25, 0.3) is 18.6 Å². The van der Waals surface area contributed by atoms with Gasteiger partial charge in [0.1, 0.15) is 0 Å². The van der Waals surface area contributed by atoms with Crippen LogP contribution in [-0.4, -0.2) is 52.3 Å². The van der Waals surface area contributed by atoms with Crippen LogP contribution < -0.4 is 0 Å². The van der Waals surface area contributed by atoms with Crippen molar-refractivity contribution in [2.75, 3.05) is 0 Å². The second-order valence-corrected chi connectivity index (χ2v) is 33.6. The van der Waals surface area contributed by atoms with Gasteiger partial charge in [-0.2, -0.15) is 0 Å². The molecule has 0 N–H and O–H groups in total. The molecule has 0 amide bonds. The zero-order chi connectivity index (χ0) is 28.6. The minimum atomic E-state index is -2.34. The molecule has 0 aliphatic carbocycles. The molecule has 5 nitrogen and oxygen atoms in total. The van der Waals surface area contributed by atoms with Gasteiger partial charge in [-0.05, 0) is 77.6 Å². The van der Waals surface area contributed by atoms with Crippen molar-refractivity contribution in [1.29, 1.82) is 0 Å². The summed E-state index contributed by atoms with van der Waals surface area (Å²) in [5.74, 6) is 0. The minimum Gasteiger partial charge on any atom is -0.439 e. The molecule has 11 heteroatoms. The van der Waals surface area contributed by atoms with Crippen molar-refractivity contribution in [2.45, 2.75) is 168 Å². The maximum atomic E-state index is 6.64. The molecular weight excluding hydrogens is 561 g/mol. The molecule has 0 radical (unpaired) electrons. The Balaban J connectivity index is 4.52. The first-order chi connectivity index (χ1) is 17.0. The first kappa shape index (κ1) is 38.1. The lowest BCUT2D eigenvalue weighted by Crippen LogP contribution is -2.54. The van der Waals surface area contributed by atoms with Crippen LogP contribution in [0.5, 0.6) is 0 Å². The molecule has 37 heavy (non-hydrogen) atoms. The zero-order valence-electron chi connectivity index (χ0n) is 27.1. The van der Waals surface area contributed by atoms with Crippen LogP contribution in [0.2, 0.25) is 77.6 Å². The van der Waals surface area contributed by atoms with Gasteiger partial charge in [-0.3, -0.25) is 0 Å². The van der Waals surface area contributed by atoms with Gasteiger partial charge in [0.15, 0.2) is 16.6 Å². The largest absolute Gasteiger partial charge is 0.439 e. The van der Waals surface area contributed by atoms with Crippen molar-refractivity contribution in [1.82, 2.24) is 0 Å². The van der Waals surface area contributed by atoms with Crippen LogP contribution in [0, 0.1) is 0 Å². The summed E-state index contributed by atoms with van der Waals surface area (Å²) in [4.78, 5) is 0. The van der Waals surface area contributed by atoms with Crippen LogP contribution >= 0.6 is 0 Å². The average molecular weight is 627 g/mol. The second-order valence-electron chi connectivity index (χ2n) is 13.1. The fraction of sp³-hybridized carbons (Fsp3) is 1.00. The standard InChI is InChI=1S/C26H66O5Si6/c1-13-15-17-19-21-23-25-34(5,6)27-32(3)29-36(9,10)31-37(11,12)30-33(4)28-35(7,8)26-24-22-20-18-16-14-2/h32-33H,13-26H2,1-12H3. The molecule has 0 saturated heterocycles. The van der Waals surface area contributed by atoms with E-state index in [1.165, 1.54) is 89.1 Å². The normalized spacial score (nSPS) is 15.2. The van der Waals surface area contributed by atoms with Gasteiger partial charge in [0, 0.05) is 0 Å². The predicted molar refractivity (Wildman–Crippen MR) is 178 cm³/mol. The second kappa shape index (κ2) is 19.3. The first-order valence-corrected chi connectivity index (χ1v) is 31.5. The lowest BCUT2D eigenvalue weighted by atomic mass is 10.1. The summed E-state index contributed by atoms with van der Waals surface area (Å²) in [6.45, 7) is 26.9. The quantitative estimate of drug-likeness (QED) is 0.0789. The fourth-order valence-electron chi connectivity index (χ4n) is 5.17. The lowest BCUT2D eigenvalue weighted by molar-refractivity contribution is 0.298. The third-order valence-electron chi connectivity index (χ3n) is 6.63. The van der Waals surface area contributed by atoms with E-state index in [4.69, 9.17) is 20.6 Å².